The van der Waals surface area contributed by atoms with Gasteiger partial charge in [0, 0.05) is 6.20 Å². The third kappa shape index (κ3) is 5.31. The number of aliphatic carboxylic acids is 1. The Balaban J connectivity index is 2.41. The molecule has 1 atom stereocenters. The van der Waals surface area contributed by atoms with Gasteiger partial charge in [0.15, 0.2) is 0 Å². The van der Waals surface area contributed by atoms with E-state index in [1.807, 2.05) is 6.92 Å². The topological polar surface area (TPSA) is 62.2 Å². The summed E-state index contributed by atoms with van der Waals surface area (Å²) < 4.78 is 0. The number of nitrogens with one attached hydrogen (secondary N) is 1. The minimum Gasteiger partial charge on any atom is -0.480 e. The molecule has 0 fully saturated rings. The van der Waals surface area contributed by atoms with Gasteiger partial charge in [-0.2, -0.15) is 0 Å². The molecule has 1 heterocycles. The Labute approximate surface area is 129 Å². The van der Waals surface area contributed by atoms with Gasteiger partial charge in [-0.25, -0.2) is 4.98 Å². The van der Waals surface area contributed by atoms with Gasteiger partial charge >= 0.3 is 5.97 Å². The quantitative estimate of drug-likeness (QED) is 0.539. The van der Waals surface area contributed by atoms with Gasteiger partial charge in [0.05, 0.1) is 5.02 Å². The van der Waals surface area contributed by atoms with Crippen LogP contribution in [0.1, 0.15) is 33.1 Å². The van der Waals surface area contributed by atoms with Crippen molar-refractivity contribution in [3.63, 3.8) is 0 Å². The molecular weight excluding hydrogens is 296 g/mol. The number of rotatable bonds is 9. The van der Waals surface area contributed by atoms with Gasteiger partial charge in [0.1, 0.15) is 10.6 Å². The van der Waals surface area contributed by atoms with E-state index in [0.29, 0.717) is 18.0 Å². The van der Waals surface area contributed by atoms with Crippen LogP contribution < -0.4 is 5.32 Å². The molecule has 0 aromatic carbocycles. The second-order valence-corrected chi connectivity index (χ2v) is 6.30. The van der Waals surface area contributed by atoms with Crippen molar-refractivity contribution in [2.24, 2.45) is 0 Å². The predicted octanol–water partition coefficient (Wildman–Crippen LogP) is 3.45. The Hall–Kier alpha value is -0.780. The second-order valence-electron chi connectivity index (χ2n) is 4.81. The van der Waals surface area contributed by atoms with Gasteiger partial charge in [-0.3, -0.25) is 4.79 Å². The summed E-state index contributed by atoms with van der Waals surface area (Å²) in [4.78, 5) is 15.5. The van der Waals surface area contributed by atoms with E-state index in [9.17, 15) is 9.90 Å². The van der Waals surface area contributed by atoms with E-state index in [4.69, 9.17) is 11.6 Å². The fourth-order valence-corrected chi connectivity index (χ4v) is 2.85. The molecule has 0 spiro atoms. The highest BCUT2D eigenvalue weighted by Gasteiger charge is 2.31. The molecule has 1 aromatic rings. The van der Waals surface area contributed by atoms with Crippen molar-refractivity contribution >= 4 is 29.3 Å². The van der Waals surface area contributed by atoms with Gasteiger partial charge in [0.2, 0.25) is 0 Å². The van der Waals surface area contributed by atoms with Crippen LogP contribution in [-0.2, 0) is 4.79 Å². The molecule has 0 amide bonds. The van der Waals surface area contributed by atoms with Crippen LogP contribution in [0.5, 0.6) is 0 Å². The monoisotopic (exact) mass is 316 g/mol. The highest BCUT2D eigenvalue weighted by Crippen LogP contribution is 2.26. The summed E-state index contributed by atoms with van der Waals surface area (Å²) in [6.07, 6.45) is 4.00. The Morgan fingerprint density at radius 2 is 2.35 bits per heavy atom. The number of thioether (sulfide) groups is 1. The summed E-state index contributed by atoms with van der Waals surface area (Å²) >= 11 is 7.58. The number of hydrogen-bond acceptors (Lipinski definition) is 4. The van der Waals surface area contributed by atoms with Gasteiger partial charge in [0.25, 0.3) is 0 Å². The van der Waals surface area contributed by atoms with Crippen LogP contribution in [0.15, 0.2) is 23.4 Å². The fourth-order valence-electron chi connectivity index (χ4n) is 1.74. The smallest absolute Gasteiger partial charge is 0.323 e. The van der Waals surface area contributed by atoms with Gasteiger partial charge < -0.3 is 10.4 Å². The first-order chi connectivity index (χ1) is 9.49. The Morgan fingerprint density at radius 1 is 1.60 bits per heavy atom. The highest BCUT2D eigenvalue weighted by atomic mass is 35.5. The van der Waals surface area contributed by atoms with Crippen LogP contribution in [0.3, 0.4) is 0 Å². The van der Waals surface area contributed by atoms with E-state index < -0.39 is 11.5 Å². The van der Waals surface area contributed by atoms with Gasteiger partial charge in [-0.15, -0.1) is 11.8 Å². The van der Waals surface area contributed by atoms with E-state index in [1.165, 1.54) is 0 Å². The Kier molecular flexibility index (Phi) is 7.34. The van der Waals surface area contributed by atoms with Crippen LogP contribution in [-0.4, -0.2) is 33.9 Å². The molecule has 1 aromatic heterocycles. The second kappa shape index (κ2) is 8.49. The normalized spacial score (nSPS) is 13.9. The largest absolute Gasteiger partial charge is 0.480 e. The average Bonchev–Trinajstić information content (AvgIpc) is 2.43. The van der Waals surface area contributed by atoms with Gasteiger partial charge in [-0.1, -0.05) is 18.5 Å². The molecule has 4 nitrogen and oxygen atoms in total. The Morgan fingerprint density at radius 3 is 2.95 bits per heavy atom. The minimum absolute atomic E-state index is 0.583. The Bertz CT molecular complexity index is 445. The summed E-state index contributed by atoms with van der Waals surface area (Å²) in [5.74, 6) is -0.000226. The van der Waals surface area contributed by atoms with Crippen molar-refractivity contribution in [3.05, 3.63) is 23.4 Å². The molecule has 1 rings (SSSR count). The van der Waals surface area contributed by atoms with E-state index in [-0.39, 0.29) is 0 Å². The molecule has 0 radical (unpaired) electrons. The predicted molar refractivity (Wildman–Crippen MR) is 83.5 cm³/mol. The lowest BCUT2D eigenvalue weighted by molar-refractivity contribution is -0.144. The van der Waals surface area contributed by atoms with Crippen LogP contribution in [0.2, 0.25) is 5.02 Å². The lowest BCUT2D eigenvalue weighted by Gasteiger charge is -2.26. The standard InChI is InChI=1S/C14H21ClN2O2S/c1-3-8-17-14(2,13(18)19)7-5-10-20-12-11(15)6-4-9-16-12/h4,6,9,17H,3,5,7-8,10H2,1-2H3,(H,18,19). The maximum absolute atomic E-state index is 11.3. The minimum atomic E-state index is -0.857. The molecule has 0 aliphatic heterocycles. The summed E-state index contributed by atoms with van der Waals surface area (Å²) in [7, 11) is 0. The lowest BCUT2D eigenvalue weighted by Crippen LogP contribution is -2.49. The zero-order chi connectivity index (χ0) is 15.0. The zero-order valence-corrected chi connectivity index (χ0v) is 13.4. The van der Waals surface area contributed by atoms with Crippen molar-refractivity contribution in [3.8, 4) is 0 Å². The maximum Gasteiger partial charge on any atom is 0.323 e. The summed E-state index contributed by atoms with van der Waals surface area (Å²) in [6, 6.07) is 3.60. The number of carboxylic acids is 1. The molecule has 0 bridgehead atoms. The molecule has 20 heavy (non-hydrogen) atoms. The number of pyridine rings is 1. The van der Waals surface area contributed by atoms with Crippen molar-refractivity contribution in [1.82, 2.24) is 10.3 Å². The molecule has 1 unspecified atom stereocenters. The van der Waals surface area contributed by atoms with Crippen molar-refractivity contribution in [2.75, 3.05) is 12.3 Å². The third-order valence-corrected chi connectivity index (χ3v) is 4.53. The first-order valence-corrected chi connectivity index (χ1v) is 8.07. The van der Waals surface area contributed by atoms with E-state index in [0.717, 1.165) is 23.6 Å². The van der Waals surface area contributed by atoms with Crippen molar-refractivity contribution < 1.29 is 9.90 Å². The van der Waals surface area contributed by atoms with Crippen LogP contribution >= 0.6 is 23.4 Å². The number of carbonyl (C=O) groups is 1. The van der Waals surface area contributed by atoms with Gasteiger partial charge in [-0.05, 0) is 50.6 Å². The van der Waals surface area contributed by atoms with Crippen LogP contribution in [0, 0.1) is 0 Å². The fraction of sp³-hybridized carbons (Fsp3) is 0.571. The van der Waals surface area contributed by atoms with Crippen LogP contribution in [0.4, 0.5) is 0 Å². The van der Waals surface area contributed by atoms with Crippen molar-refractivity contribution in [1.29, 1.82) is 0 Å². The molecule has 0 saturated carbocycles. The first-order valence-electron chi connectivity index (χ1n) is 6.71. The van der Waals surface area contributed by atoms with E-state index in [2.05, 4.69) is 10.3 Å². The highest BCUT2D eigenvalue weighted by molar-refractivity contribution is 7.99. The maximum atomic E-state index is 11.3. The number of aromatic nitrogens is 1. The first kappa shape index (κ1) is 17.3. The SMILES string of the molecule is CCCNC(C)(CCCSc1ncccc1Cl)C(=O)O. The summed E-state index contributed by atoms with van der Waals surface area (Å²) in [5.41, 5.74) is -0.857. The van der Waals surface area contributed by atoms with Crippen molar-refractivity contribution in [2.45, 2.75) is 43.7 Å². The van der Waals surface area contributed by atoms with E-state index in [1.54, 1.807) is 37.0 Å². The molecule has 0 saturated heterocycles. The number of carboxylic acid groups (broad SMARTS) is 1. The number of halogens is 1. The third-order valence-electron chi connectivity index (χ3n) is 3.02. The number of nitrogens with zero attached hydrogens (tertiary/aromatic N) is 1. The molecule has 112 valence electrons. The lowest BCUT2D eigenvalue weighted by atomic mass is 9.96. The molecule has 2 N–H and O–H groups in total. The molecule has 0 aliphatic carbocycles. The average molecular weight is 317 g/mol. The molecule has 6 heteroatoms. The van der Waals surface area contributed by atoms with E-state index >= 15 is 0 Å². The molecule has 0 aliphatic rings. The zero-order valence-electron chi connectivity index (χ0n) is 11.9. The summed E-state index contributed by atoms with van der Waals surface area (Å²) in [5, 5.41) is 13.9. The summed E-state index contributed by atoms with van der Waals surface area (Å²) in [6.45, 7) is 4.47. The molecular formula is C14H21ClN2O2S. The number of hydrogen-bond donors (Lipinski definition) is 2. The van der Waals surface area contributed by atoms with Crippen LogP contribution in [0.25, 0.3) is 0 Å².